The highest BCUT2D eigenvalue weighted by Crippen LogP contribution is 2.27. The lowest BCUT2D eigenvalue weighted by Gasteiger charge is -2.06. The summed E-state index contributed by atoms with van der Waals surface area (Å²) in [4.78, 5) is 5.40. The number of anilines is 1. The zero-order chi connectivity index (χ0) is 11.5. The van der Waals surface area contributed by atoms with E-state index in [-0.39, 0.29) is 0 Å². The molecule has 0 saturated carbocycles. The molecule has 1 atom stereocenters. The second-order valence-electron chi connectivity index (χ2n) is 3.12. The van der Waals surface area contributed by atoms with Crippen molar-refractivity contribution in [3.05, 3.63) is 39.8 Å². The number of benzene rings is 1. The van der Waals surface area contributed by atoms with Gasteiger partial charge in [0.2, 0.25) is 0 Å². The van der Waals surface area contributed by atoms with Crippen LogP contribution in [0.2, 0.25) is 5.02 Å². The maximum absolute atomic E-state index is 12.1. The zero-order valence-electron chi connectivity index (χ0n) is 8.22. The molecular formula is C10H9ClN2OS2. The van der Waals surface area contributed by atoms with E-state index in [0.29, 0.717) is 21.4 Å². The molecule has 0 bridgehead atoms. The molecule has 0 saturated heterocycles. The predicted octanol–water partition coefficient (Wildman–Crippen LogP) is 2.69. The van der Waals surface area contributed by atoms with Crippen LogP contribution in [0.5, 0.6) is 0 Å². The summed E-state index contributed by atoms with van der Waals surface area (Å²) < 4.78 is 12.1. The van der Waals surface area contributed by atoms with Crippen molar-refractivity contribution in [2.75, 3.05) is 5.73 Å². The summed E-state index contributed by atoms with van der Waals surface area (Å²) in [6.07, 6.45) is 1.70. The summed E-state index contributed by atoms with van der Waals surface area (Å²) in [6, 6.07) is 5.13. The van der Waals surface area contributed by atoms with Crippen molar-refractivity contribution < 1.29 is 4.21 Å². The van der Waals surface area contributed by atoms with Gasteiger partial charge in [-0.05, 0) is 12.1 Å². The van der Waals surface area contributed by atoms with Gasteiger partial charge >= 0.3 is 0 Å². The Kier molecular flexibility index (Phi) is 3.58. The van der Waals surface area contributed by atoms with E-state index in [9.17, 15) is 4.21 Å². The van der Waals surface area contributed by atoms with E-state index in [1.165, 1.54) is 11.3 Å². The minimum absolute atomic E-state index is 0.401. The maximum Gasteiger partial charge on any atom is 0.0807 e. The SMILES string of the molecule is Nc1cccc(Cl)c1S(=O)Cc1cncs1. The molecule has 1 aromatic carbocycles. The highest BCUT2D eigenvalue weighted by molar-refractivity contribution is 7.84. The molecule has 0 aliphatic heterocycles. The fourth-order valence-electron chi connectivity index (χ4n) is 1.28. The average molecular weight is 273 g/mol. The van der Waals surface area contributed by atoms with Crippen molar-refractivity contribution in [1.82, 2.24) is 4.98 Å². The van der Waals surface area contributed by atoms with Gasteiger partial charge in [0, 0.05) is 16.8 Å². The normalized spacial score (nSPS) is 12.6. The van der Waals surface area contributed by atoms with Gasteiger partial charge in [0.15, 0.2) is 0 Å². The monoisotopic (exact) mass is 272 g/mol. The van der Waals surface area contributed by atoms with Crippen LogP contribution in [0, 0.1) is 0 Å². The lowest BCUT2D eigenvalue weighted by molar-refractivity contribution is 0.683. The van der Waals surface area contributed by atoms with Crippen LogP contribution in [0.1, 0.15) is 4.88 Å². The Morgan fingerprint density at radius 3 is 2.94 bits per heavy atom. The molecule has 2 N–H and O–H groups in total. The molecule has 0 radical (unpaired) electrons. The van der Waals surface area contributed by atoms with Gasteiger partial charge in [-0.1, -0.05) is 17.7 Å². The number of halogens is 1. The van der Waals surface area contributed by atoms with E-state index in [0.717, 1.165) is 4.88 Å². The van der Waals surface area contributed by atoms with Crippen molar-refractivity contribution in [3.8, 4) is 0 Å². The summed E-state index contributed by atoms with van der Waals surface area (Å²) in [6.45, 7) is 0. The fourth-order valence-corrected chi connectivity index (χ4v) is 3.79. The number of hydrogen-bond donors (Lipinski definition) is 1. The summed E-state index contributed by atoms with van der Waals surface area (Å²) >= 11 is 7.45. The average Bonchev–Trinajstić information content (AvgIpc) is 2.70. The molecule has 1 aromatic heterocycles. The number of hydrogen-bond acceptors (Lipinski definition) is 4. The minimum Gasteiger partial charge on any atom is -0.398 e. The first-order valence-corrected chi connectivity index (χ1v) is 7.06. The van der Waals surface area contributed by atoms with Crippen molar-refractivity contribution in [2.24, 2.45) is 0 Å². The summed E-state index contributed by atoms with van der Waals surface area (Å²) in [5, 5.41) is 0.447. The van der Waals surface area contributed by atoms with E-state index < -0.39 is 10.8 Å². The molecule has 0 amide bonds. The van der Waals surface area contributed by atoms with E-state index in [2.05, 4.69) is 4.98 Å². The highest BCUT2D eigenvalue weighted by atomic mass is 35.5. The second kappa shape index (κ2) is 4.95. The van der Waals surface area contributed by atoms with Gasteiger partial charge in [-0.25, -0.2) is 0 Å². The molecule has 0 fully saturated rings. The third-order valence-electron chi connectivity index (χ3n) is 1.98. The molecule has 0 aliphatic rings. The van der Waals surface area contributed by atoms with Gasteiger partial charge in [-0.2, -0.15) is 0 Å². The molecule has 2 rings (SSSR count). The number of nitrogen functional groups attached to an aromatic ring is 1. The van der Waals surface area contributed by atoms with Crippen LogP contribution in [0.3, 0.4) is 0 Å². The van der Waals surface area contributed by atoms with E-state index in [1.54, 1.807) is 29.9 Å². The van der Waals surface area contributed by atoms with Gasteiger partial charge in [0.25, 0.3) is 0 Å². The topological polar surface area (TPSA) is 56.0 Å². The van der Waals surface area contributed by atoms with Crippen molar-refractivity contribution in [3.63, 3.8) is 0 Å². The van der Waals surface area contributed by atoms with Crippen molar-refractivity contribution in [2.45, 2.75) is 10.6 Å². The Morgan fingerprint density at radius 2 is 2.31 bits per heavy atom. The van der Waals surface area contributed by atoms with E-state index >= 15 is 0 Å². The van der Waals surface area contributed by atoms with Crippen LogP contribution in [-0.2, 0) is 16.6 Å². The van der Waals surface area contributed by atoms with Crippen LogP contribution in [0.25, 0.3) is 0 Å². The van der Waals surface area contributed by atoms with Crippen LogP contribution in [0.15, 0.2) is 34.8 Å². The number of aromatic nitrogens is 1. The van der Waals surface area contributed by atoms with Gasteiger partial charge in [-0.3, -0.25) is 9.19 Å². The highest BCUT2D eigenvalue weighted by Gasteiger charge is 2.13. The Hall–Kier alpha value is -0.910. The molecule has 84 valence electrons. The largest absolute Gasteiger partial charge is 0.398 e. The van der Waals surface area contributed by atoms with Gasteiger partial charge in [0.1, 0.15) is 0 Å². The van der Waals surface area contributed by atoms with Crippen LogP contribution >= 0.6 is 22.9 Å². The number of nitrogens with two attached hydrogens (primary N) is 1. The lowest BCUT2D eigenvalue weighted by Crippen LogP contribution is -2.00. The van der Waals surface area contributed by atoms with Crippen LogP contribution in [0.4, 0.5) is 5.69 Å². The van der Waals surface area contributed by atoms with Crippen molar-refractivity contribution in [1.29, 1.82) is 0 Å². The second-order valence-corrected chi connectivity index (χ2v) is 5.88. The number of rotatable bonds is 3. The maximum atomic E-state index is 12.1. The standard InChI is InChI=1S/C10H9ClN2OS2/c11-8-2-1-3-9(12)10(8)16(14)5-7-4-13-6-15-7/h1-4,6H,5,12H2. The Morgan fingerprint density at radius 1 is 1.50 bits per heavy atom. The minimum atomic E-state index is -1.22. The Balaban J connectivity index is 2.28. The fraction of sp³-hybridized carbons (Fsp3) is 0.100. The van der Waals surface area contributed by atoms with E-state index in [1.807, 2.05) is 0 Å². The van der Waals surface area contributed by atoms with Gasteiger partial charge < -0.3 is 5.73 Å². The molecular weight excluding hydrogens is 264 g/mol. The summed E-state index contributed by atoms with van der Waals surface area (Å²) in [5.74, 6) is 0.401. The summed E-state index contributed by atoms with van der Waals surface area (Å²) in [7, 11) is -1.22. The van der Waals surface area contributed by atoms with Crippen LogP contribution in [-0.4, -0.2) is 9.19 Å². The Labute approximate surface area is 105 Å². The molecule has 2 aromatic rings. The number of thiazole rings is 1. The molecule has 3 nitrogen and oxygen atoms in total. The first-order valence-electron chi connectivity index (χ1n) is 4.48. The quantitative estimate of drug-likeness (QED) is 0.874. The smallest absolute Gasteiger partial charge is 0.0807 e. The van der Waals surface area contributed by atoms with Gasteiger partial charge in [0.05, 0.1) is 32.0 Å². The third kappa shape index (κ3) is 2.42. The first-order chi connectivity index (χ1) is 7.68. The molecule has 0 aliphatic carbocycles. The Bertz CT molecular complexity index is 493. The summed E-state index contributed by atoms with van der Waals surface area (Å²) in [5.41, 5.74) is 7.94. The van der Waals surface area contributed by atoms with Crippen molar-refractivity contribution >= 4 is 39.4 Å². The molecule has 1 heterocycles. The zero-order valence-corrected chi connectivity index (χ0v) is 10.6. The molecule has 0 spiro atoms. The lowest BCUT2D eigenvalue weighted by atomic mass is 10.3. The molecule has 6 heteroatoms. The predicted molar refractivity (Wildman–Crippen MR) is 68.1 cm³/mol. The van der Waals surface area contributed by atoms with E-state index in [4.69, 9.17) is 17.3 Å². The third-order valence-corrected chi connectivity index (χ3v) is 4.86. The van der Waals surface area contributed by atoms with Crippen LogP contribution < -0.4 is 5.73 Å². The first kappa shape index (κ1) is 11.6. The molecule has 16 heavy (non-hydrogen) atoms. The molecule has 1 unspecified atom stereocenters. The van der Waals surface area contributed by atoms with Gasteiger partial charge in [-0.15, -0.1) is 11.3 Å². The number of nitrogens with zero attached hydrogens (tertiary/aromatic N) is 1.